The lowest BCUT2D eigenvalue weighted by atomic mass is 10.3. The van der Waals surface area contributed by atoms with Crippen LogP contribution < -0.4 is 0 Å². The third-order valence-corrected chi connectivity index (χ3v) is 2.35. The van der Waals surface area contributed by atoms with Gasteiger partial charge in [0, 0.05) is 20.1 Å². The van der Waals surface area contributed by atoms with E-state index in [9.17, 15) is 9.59 Å². The van der Waals surface area contributed by atoms with Crippen LogP contribution in [0.3, 0.4) is 0 Å². The Morgan fingerprint density at radius 3 is 2.62 bits per heavy atom. The summed E-state index contributed by atoms with van der Waals surface area (Å²) in [5.41, 5.74) is 0. The van der Waals surface area contributed by atoms with Gasteiger partial charge in [-0.05, 0) is 6.92 Å². The van der Waals surface area contributed by atoms with Gasteiger partial charge in [-0.2, -0.15) is 12.6 Å². The molecule has 1 rings (SSSR count). The van der Waals surface area contributed by atoms with Crippen LogP contribution in [-0.2, 0) is 9.59 Å². The van der Waals surface area contributed by atoms with E-state index < -0.39 is 0 Å². The Bertz CT molecular complexity index is 230. The summed E-state index contributed by atoms with van der Waals surface area (Å²) in [5.74, 6) is -0.0710. The fraction of sp³-hybridized carbons (Fsp3) is 0.750. The molecule has 74 valence electrons. The SMILES string of the molecule is CC(S)C(=O)N1CCN(C)C(=O)C1. The van der Waals surface area contributed by atoms with Crippen molar-refractivity contribution in [2.75, 3.05) is 26.7 Å². The Balaban J connectivity index is 2.55. The van der Waals surface area contributed by atoms with Gasteiger partial charge in [0.2, 0.25) is 11.8 Å². The molecule has 1 aliphatic rings. The van der Waals surface area contributed by atoms with E-state index in [4.69, 9.17) is 0 Å². The molecule has 0 radical (unpaired) electrons. The summed E-state index contributed by atoms with van der Waals surface area (Å²) >= 11 is 4.04. The Kier molecular flexibility index (Phi) is 3.19. The van der Waals surface area contributed by atoms with Crippen molar-refractivity contribution >= 4 is 24.4 Å². The number of piperazine rings is 1. The second kappa shape index (κ2) is 4.00. The maximum Gasteiger partial charge on any atom is 0.241 e. The van der Waals surface area contributed by atoms with Crippen molar-refractivity contribution < 1.29 is 9.59 Å². The molecule has 0 aromatic rings. The maximum absolute atomic E-state index is 11.4. The van der Waals surface area contributed by atoms with Gasteiger partial charge in [-0.25, -0.2) is 0 Å². The lowest BCUT2D eigenvalue weighted by Gasteiger charge is -2.32. The summed E-state index contributed by atoms with van der Waals surface area (Å²) in [6.45, 7) is 3.14. The van der Waals surface area contributed by atoms with E-state index in [2.05, 4.69) is 12.6 Å². The number of thiol groups is 1. The van der Waals surface area contributed by atoms with Crippen LogP contribution in [0.25, 0.3) is 0 Å². The van der Waals surface area contributed by atoms with Crippen molar-refractivity contribution in [1.82, 2.24) is 9.80 Å². The zero-order valence-electron chi connectivity index (χ0n) is 7.86. The van der Waals surface area contributed by atoms with E-state index in [-0.39, 0.29) is 23.6 Å². The summed E-state index contributed by atoms with van der Waals surface area (Å²) in [6.07, 6.45) is 0. The quantitative estimate of drug-likeness (QED) is 0.588. The van der Waals surface area contributed by atoms with Crippen molar-refractivity contribution in [3.8, 4) is 0 Å². The minimum Gasteiger partial charge on any atom is -0.342 e. The third-order valence-electron chi connectivity index (χ3n) is 2.13. The zero-order valence-corrected chi connectivity index (χ0v) is 8.75. The fourth-order valence-corrected chi connectivity index (χ4v) is 1.37. The molecule has 0 saturated carbocycles. The lowest BCUT2D eigenvalue weighted by molar-refractivity contribution is -0.143. The molecular weight excluding hydrogens is 188 g/mol. The number of amides is 2. The van der Waals surface area contributed by atoms with Crippen LogP contribution in [0.4, 0.5) is 0 Å². The van der Waals surface area contributed by atoms with Crippen molar-refractivity contribution in [1.29, 1.82) is 0 Å². The van der Waals surface area contributed by atoms with Gasteiger partial charge in [0.05, 0.1) is 11.8 Å². The van der Waals surface area contributed by atoms with Crippen LogP contribution in [0, 0.1) is 0 Å². The van der Waals surface area contributed by atoms with E-state index in [1.165, 1.54) is 0 Å². The van der Waals surface area contributed by atoms with E-state index >= 15 is 0 Å². The van der Waals surface area contributed by atoms with Crippen LogP contribution in [-0.4, -0.2) is 53.5 Å². The Hall–Kier alpha value is -0.710. The number of carbonyl (C=O) groups is 2. The van der Waals surface area contributed by atoms with Crippen LogP contribution in [0.2, 0.25) is 0 Å². The normalized spacial score (nSPS) is 20.4. The Morgan fingerprint density at radius 2 is 2.15 bits per heavy atom. The van der Waals surface area contributed by atoms with Gasteiger partial charge in [-0.1, -0.05) is 0 Å². The predicted octanol–water partition coefficient (Wildman–Crippen LogP) is -0.395. The maximum atomic E-state index is 11.4. The van der Waals surface area contributed by atoms with Gasteiger partial charge in [0.1, 0.15) is 0 Å². The molecule has 13 heavy (non-hydrogen) atoms. The van der Waals surface area contributed by atoms with E-state index in [1.54, 1.807) is 23.8 Å². The molecule has 1 heterocycles. The molecule has 2 amide bonds. The number of rotatable bonds is 1. The van der Waals surface area contributed by atoms with Crippen molar-refractivity contribution in [2.24, 2.45) is 0 Å². The van der Waals surface area contributed by atoms with Crippen LogP contribution in [0.15, 0.2) is 0 Å². The minimum atomic E-state index is -0.323. The zero-order chi connectivity index (χ0) is 10.0. The van der Waals surface area contributed by atoms with Gasteiger partial charge in [-0.3, -0.25) is 9.59 Å². The molecule has 0 aromatic heterocycles. The van der Waals surface area contributed by atoms with Gasteiger partial charge in [0.15, 0.2) is 0 Å². The highest BCUT2D eigenvalue weighted by Crippen LogP contribution is 2.06. The summed E-state index contributed by atoms with van der Waals surface area (Å²) < 4.78 is 0. The topological polar surface area (TPSA) is 40.6 Å². The summed E-state index contributed by atoms with van der Waals surface area (Å²) in [4.78, 5) is 25.9. The monoisotopic (exact) mass is 202 g/mol. The number of likely N-dealkylation sites (N-methyl/N-ethyl adjacent to an activating group) is 1. The van der Waals surface area contributed by atoms with Crippen molar-refractivity contribution in [2.45, 2.75) is 12.2 Å². The molecule has 1 saturated heterocycles. The number of carbonyl (C=O) groups excluding carboxylic acids is 2. The van der Waals surface area contributed by atoms with Gasteiger partial charge in [-0.15, -0.1) is 0 Å². The van der Waals surface area contributed by atoms with Gasteiger partial charge >= 0.3 is 0 Å². The molecule has 1 fully saturated rings. The van der Waals surface area contributed by atoms with E-state index in [1.807, 2.05) is 0 Å². The Labute approximate surface area is 83.3 Å². The third kappa shape index (κ3) is 2.37. The highest BCUT2D eigenvalue weighted by Gasteiger charge is 2.26. The highest BCUT2D eigenvalue weighted by atomic mass is 32.1. The summed E-state index contributed by atoms with van der Waals surface area (Å²) in [5, 5.41) is -0.323. The summed E-state index contributed by atoms with van der Waals surface area (Å²) in [6, 6.07) is 0. The van der Waals surface area contributed by atoms with Crippen molar-refractivity contribution in [3.63, 3.8) is 0 Å². The second-order valence-electron chi connectivity index (χ2n) is 3.25. The molecule has 1 atom stereocenters. The molecule has 4 nitrogen and oxygen atoms in total. The van der Waals surface area contributed by atoms with Crippen molar-refractivity contribution in [3.05, 3.63) is 0 Å². The van der Waals surface area contributed by atoms with Crippen LogP contribution in [0.5, 0.6) is 0 Å². The first-order valence-corrected chi connectivity index (χ1v) is 4.75. The molecular formula is C8H14N2O2S. The molecule has 1 aliphatic heterocycles. The highest BCUT2D eigenvalue weighted by molar-refractivity contribution is 7.81. The molecule has 0 aromatic carbocycles. The first kappa shape index (κ1) is 10.4. The summed E-state index contributed by atoms with van der Waals surface area (Å²) in [7, 11) is 1.74. The van der Waals surface area contributed by atoms with Gasteiger partial charge < -0.3 is 9.80 Å². The first-order valence-electron chi connectivity index (χ1n) is 4.23. The van der Waals surface area contributed by atoms with E-state index in [0.717, 1.165) is 0 Å². The fourth-order valence-electron chi connectivity index (χ4n) is 1.21. The van der Waals surface area contributed by atoms with E-state index in [0.29, 0.717) is 13.1 Å². The molecule has 1 unspecified atom stereocenters. The molecule has 0 aliphatic carbocycles. The first-order chi connectivity index (χ1) is 6.02. The predicted molar refractivity (Wildman–Crippen MR) is 52.7 cm³/mol. The largest absolute Gasteiger partial charge is 0.342 e. The van der Waals surface area contributed by atoms with Crippen LogP contribution in [0.1, 0.15) is 6.92 Å². The lowest BCUT2D eigenvalue weighted by Crippen LogP contribution is -2.52. The number of hydrogen-bond acceptors (Lipinski definition) is 3. The second-order valence-corrected chi connectivity index (χ2v) is 4.03. The average molecular weight is 202 g/mol. The minimum absolute atomic E-state index is 0.00594. The number of nitrogens with zero attached hydrogens (tertiary/aromatic N) is 2. The Morgan fingerprint density at radius 1 is 1.54 bits per heavy atom. The van der Waals surface area contributed by atoms with Crippen LogP contribution >= 0.6 is 12.6 Å². The number of hydrogen-bond donors (Lipinski definition) is 1. The smallest absolute Gasteiger partial charge is 0.241 e. The molecule has 0 N–H and O–H groups in total. The molecule has 5 heteroatoms. The van der Waals surface area contributed by atoms with Gasteiger partial charge in [0.25, 0.3) is 0 Å². The average Bonchev–Trinajstić information content (AvgIpc) is 2.08. The standard InChI is InChI=1S/C8H14N2O2S/c1-6(13)8(12)10-4-3-9(2)7(11)5-10/h6,13H,3-5H2,1-2H3. The molecule has 0 bridgehead atoms. The molecule has 0 spiro atoms.